The van der Waals surface area contributed by atoms with Crippen LogP contribution in [0.3, 0.4) is 0 Å². The molecule has 10 radical (unpaired) electrons. The Hall–Kier alpha value is -4.36. The van der Waals surface area contributed by atoms with Gasteiger partial charge in [-0.05, 0) is 77.4 Å². The third-order valence-corrected chi connectivity index (χ3v) is 26.6. The smallest absolute Gasteiger partial charge is 0.581 e. The average Bonchev–Trinajstić information content (AvgIpc) is 1.11. The molecule has 0 heterocycles. The van der Waals surface area contributed by atoms with Gasteiger partial charge in [0.05, 0.1) is 49.0 Å². The van der Waals surface area contributed by atoms with Crippen molar-refractivity contribution in [3.8, 4) is 33.4 Å². The van der Waals surface area contributed by atoms with Crippen molar-refractivity contribution in [1.82, 2.24) is 0 Å². The van der Waals surface area contributed by atoms with E-state index < -0.39 is 250 Å². The molecule has 0 bridgehead atoms. The predicted molar refractivity (Wildman–Crippen MR) is 299 cm³/mol. The van der Waals surface area contributed by atoms with Crippen LogP contribution in [0.25, 0.3) is 33.4 Å². The molecular formula is C59H45AlF28Si4Zr. The van der Waals surface area contributed by atoms with Crippen LogP contribution in [0.4, 0.5) is 122 Å². The molecule has 93 heavy (non-hydrogen) atoms. The van der Waals surface area contributed by atoms with E-state index in [1.54, 1.807) is 22.2 Å². The molecule has 500 valence electrons. The molecule has 0 nitrogen and oxygen atoms in total. The normalized spacial score (nSPS) is 14.7. The van der Waals surface area contributed by atoms with Crippen LogP contribution < -0.4 is 13.3 Å². The summed E-state index contributed by atoms with van der Waals surface area (Å²) in [4.78, 5) is 0. The van der Waals surface area contributed by atoms with Gasteiger partial charge in [-0.2, -0.15) is 0 Å². The van der Waals surface area contributed by atoms with Gasteiger partial charge in [-0.3, -0.25) is 0 Å². The van der Waals surface area contributed by atoms with Gasteiger partial charge in [0.15, 0.2) is 122 Å². The summed E-state index contributed by atoms with van der Waals surface area (Å²) in [6.07, 6.45) is 14.3. The maximum atomic E-state index is 19.3. The first-order valence-electron chi connectivity index (χ1n) is 25.9. The van der Waals surface area contributed by atoms with E-state index in [0.717, 1.165) is 0 Å². The Bertz CT molecular complexity index is 3430. The summed E-state index contributed by atoms with van der Waals surface area (Å²) < 4.78 is 418. The van der Waals surface area contributed by atoms with Crippen molar-refractivity contribution < 1.29 is 148 Å². The van der Waals surface area contributed by atoms with Gasteiger partial charge in [0.2, 0.25) is 17.5 Å². The molecule has 2 saturated carbocycles. The van der Waals surface area contributed by atoms with Crippen molar-refractivity contribution in [2.75, 3.05) is 0 Å². The quantitative estimate of drug-likeness (QED) is 0.0422. The number of benzene rings is 6. The standard InChI is InChI=1S/3C12F9.2C11H21Si2.CH3.Al.FH.Zr/c3*13-3-1-2(5(14)9(18)6(3)15)4-7(16)10(19)12(21)11(20)8(4)17;2*1-12(2,3)10-7-8-11(9-10)13(4,5)6;;;;/h;;;2*7-9H,1-6H3;1H3;;1H;/q;;;;;-1;;;+2/p-1. The number of hydrogen-bond acceptors (Lipinski definition) is 0. The summed E-state index contributed by atoms with van der Waals surface area (Å²) in [5.41, 5.74) is -15.3. The molecule has 0 saturated heterocycles. The minimum atomic E-state index is -10.3. The van der Waals surface area contributed by atoms with E-state index in [0.29, 0.717) is 0 Å². The number of halogens is 28. The third-order valence-electron chi connectivity index (χ3n) is 14.5. The predicted octanol–water partition coefficient (Wildman–Crippen LogP) is 18.9. The molecular weight excluding hydrogens is 1470 g/mol. The molecule has 0 amide bonds. The van der Waals surface area contributed by atoms with Gasteiger partial charge in [-0.25, -0.2) is 119 Å². The van der Waals surface area contributed by atoms with Crippen molar-refractivity contribution in [3.63, 3.8) is 0 Å². The molecule has 0 aliphatic heterocycles. The summed E-state index contributed by atoms with van der Waals surface area (Å²) in [6, 6.07) is 0. The number of hydrogen-bond donors (Lipinski definition) is 0. The molecule has 0 aromatic heterocycles. The van der Waals surface area contributed by atoms with Crippen LogP contribution in [0.15, 0.2) is 0 Å². The Morgan fingerprint density at radius 3 is 0.452 bits per heavy atom. The minimum Gasteiger partial charge on any atom is -0.581 e. The summed E-state index contributed by atoms with van der Waals surface area (Å²) in [6.45, 7) is 29.0. The fourth-order valence-corrected chi connectivity index (χ4v) is 18.7. The van der Waals surface area contributed by atoms with Gasteiger partial charge >= 0.3 is 39.7 Å². The van der Waals surface area contributed by atoms with Gasteiger partial charge in [0.1, 0.15) is 17.5 Å². The van der Waals surface area contributed by atoms with Crippen LogP contribution in [0.5, 0.6) is 0 Å². The van der Waals surface area contributed by atoms with E-state index in [1.807, 2.05) is 0 Å². The van der Waals surface area contributed by atoms with Gasteiger partial charge in [0.25, 0.3) is 0 Å². The zero-order valence-electron chi connectivity index (χ0n) is 50.1. The third kappa shape index (κ3) is 14.4. The molecule has 2 aliphatic rings. The van der Waals surface area contributed by atoms with Crippen LogP contribution in [0, 0.1) is 225 Å². The second kappa shape index (κ2) is 28.6. The minimum absolute atomic E-state index is 0. The Labute approximate surface area is 541 Å². The first-order valence-corrected chi connectivity index (χ1v) is 42.1. The Balaban J connectivity index is 0.000000542. The van der Waals surface area contributed by atoms with Crippen molar-refractivity contribution in [1.29, 1.82) is 0 Å². The molecule has 2 aliphatic carbocycles. The summed E-state index contributed by atoms with van der Waals surface area (Å²) in [5, 5.41) is 0. The van der Waals surface area contributed by atoms with E-state index in [4.69, 9.17) is 0 Å². The first-order chi connectivity index (χ1) is 41.4. The molecule has 0 unspecified atom stereocenters. The van der Waals surface area contributed by atoms with Crippen molar-refractivity contribution >= 4 is 59.1 Å². The summed E-state index contributed by atoms with van der Waals surface area (Å²) in [5.74, 6) is -101. The van der Waals surface area contributed by atoms with Crippen LogP contribution >= 0.6 is 0 Å². The SMILES string of the molecule is C[Si](C)(C)[C]1[CH][CH][C]([Si](C)(C)C)[CH]1.C[Si](C)(C)[C]1[CH][CH][C]([Si](C)(C)C)[CH]1.Fc1c(F)c(F)c(-c2c(F)c(F)c(F)c(F)[c]2[Al-]([F])([c]2c(F)c(F)c(F)c(F)c2-c2c(F)c(F)c(F)c(F)c2F)[c]2c(F)c(F)c(F)c(F)c2-c2c(F)c(F)c(F)c(F)c2F)c(F)c1F.[CH3-].[Zr+2]. The summed E-state index contributed by atoms with van der Waals surface area (Å²) in [7, 11) is -4.28. The maximum absolute atomic E-state index is 19.3. The van der Waals surface area contributed by atoms with E-state index in [9.17, 15) is 39.5 Å². The van der Waals surface area contributed by atoms with Crippen LogP contribution in [-0.4, -0.2) is 45.8 Å². The maximum Gasteiger partial charge on any atom is 2.00 e. The monoisotopic (exact) mass is 1510 g/mol. The fourth-order valence-electron chi connectivity index (χ4n) is 9.46. The number of rotatable bonds is 10. The second-order valence-corrected chi connectivity index (χ2v) is 48.1. The topological polar surface area (TPSA) is 0 Å². The van der Waals surface area contributed by atoms with Gasteiger partial charge in [-0.15, -0.1) is 13.3 Å². The largest absolute Gasteiger partial charge is 2.00 e. The van der Waals surface area contributed by atoms with Crippen molar-refractivity contribution in [2.24, 2.45) is 0 Å². The van der Waals surface area contributed by atoms with Gasteiger partial charge in [-0.1, -0.05) is 78.6 Å². The molecule has 8 rings (SSSR count). The van der Waals surface area contributed by atoms with Crippen LogP contribution in [0.2, 0.25) is 78.6 Å². The van der Waals surface area contributed by atoms with E-state index in [2.05, 4.69) is 117 Å². The molecule has 0 spiro atoms. The second-order valence-electron chi connectivity index (χ2n) is 24.5. The van der Waals surface area contributed by atoms with Gasteiger partial charge in [0, 0.05) is 0 Å². The molecule has 2 fully saturated rings. The average molecular weight is 1520 g/mol. The fraction of sp³-hybridized carbons (Fsp3) is 0.203. The first kappa shape index (κ1) is 81.1. The van der Waals surface area contributed by atoms with Crippen molar-refractivity contribution in [2.45, 2.75) is 78.6 Å². The van der Waals surface area contributed by atoms with Crippen LogP contribution in [-0.2, 0) is 26.2 Å². The van der Waals surface area contributed by atoms with E-state index in [1.165, 1.54) is 0 Å². The van der Waals surface area contributed by atoms with E-state index in [-0.39, 0.29) is 33.6 Å². The Morgan fingerprint density at radius 1 is 0.204 bits per heavy atom. The molecule has 6 aromatic rings. The molecule has 34 heteroatoms. The zero-order valence-corrected chi connectivity index (χ0v) is 57.7. The Morgan fingerprint density at radius 2 is 0.323 bits per heavy atom. The zero-order chi connectivity index (χ0) is 69.8. The Kier molecular flexibility index (Phi) is 24.9. The van der Waals surface area contributed by atoms with E-state index >= 15 is 82.6 Å². The summed E-state index contributed by atoms with van der Waals surface area (Å²) >= 11 is -10.3. The van der Waals surface area contributed by atoms with Gasteiger partial charge < -0.3 is 11.0 Å². The van der Waals surface area contributed by atoms with Crippen LogP contribution in [0.1, 0.15) is 0 Å². The molecule has 0 atom stereocenters. The van der Waals surface area contributed by atoms with Crippen molar-refractivity contribution in [3.05, 3.63) is 225 Å². The molecule has 6 aromatic carbocycles. The molecule has 0 N–H and O–H groups in total.